The number of nitrogens with zero attached hydrogens (tertiary/aromatic N) is 1. The maximum Gasteiger partial charge on any atom is 0.261 e. The van der Waals surface area contributed by atoms with Crippen molar-refractivity contribution >= 4 is 11.8 Å². The van der Waals surface area contributed by atoms with Gasteiger partial charge in [-0.25, -0.2) is 0 Å². The standard InChI is InChI=1S/C32H40N2O4/c1-23(2)33-31(36)29(20-24-11-8-7-9-12-24)34(21-25-13-10-14-28(19-25)37-6)30(35)22-38-27-17-15-26(16-18-27)32(3,4)5/h7-19,23,29H,20-22H2,1-6H3,(H,33,36). The molecule has 3 aromatic carbocycles. The van der Waals surface area contributed by atoms with Crippen LogP contribution in [0.15, 0.2) is 78.9 Å². The highest BCUT2D eigenvalue weighted by atomic mass is 16.5. The molecule has 0 aromatic heterocycles. The van der Waals surface area contributed by atoms with E-state index in [1.165, 1.54) is 5.56 Å². The molecule has 1 atom stereocenters. The minimum Gasteiger partial charge on any atom is -0.497 e. The summed E-state index contributed by atoms with van der Waals surface area (Å²) in [7, 11) is 1.61. The van der Waals surface area contributed by atoms with Gasteiger partial charge in [0.25, 0.3) is 5.91 Å². The molecule has 38 heavy (non-hydrogen) atoms. The number of ether oxygens (including phenoxy) is 2. The van der Waals surface area contributed by atoms with E-state index in [1.807, 2.05) is 92.7 Å². The van der Waals surface area contributed by atoms with Gasteiger partial charge in [-0.2, -0.15) is 0 Å². The number of hydrogen-bond acceptors (Lipinski definition) is 4. The fourth-order valence-electron chi connectivity index (χ4n) is 4.18. The van der Waals surface area contributed by atoms with E-state index in [2.05, 4.69) is 26.1 Å². The third-order valence-corrected chi connectivity index (χ3v) is 6.27. The lowest BCUT2D eigenvalue weighted by Gasteiger charge is -2.32. The number of nitrogens with one attached hydrogen (secondary N) is 1. The third-order valence-electron chi connectivity index (χ3n) is 6.27. The quantitative estimate of drug-likeness (QED) is 0.364. The number of benzene rings is 3. The summed E-state index contributed by atoms with van der Waals surface area (Å²) in [6, 6.07) is 24.3. The second-order valence-corrected chi connectivity index (χ2v) is 10.8. The molecule has 202 valence electrons. The summed E-state index contributed by atoms with van der Waals surface area (Å²) in [4.78, 5) is 28.8. The molecular formula is C32H40N2O4. The van der Waals surface area contributed by atoms with Crippen molar-refractivity contribution in [2.45, 2.75) is 65.1 Å². The van der Waals surface area contributed by atoms with E-state index in [4.69, 9.17) is 9.47 Å². The van der Waals surface area contributed by atoms with Gasteiger partial charge < -0.3 is 19.7 Å². The van der Waals surface area contributed by atoms with Crippen LogP contribution in [0.25, 0.3) is 0 Å². The lowest BCUT2D eigenvalue weighted by atomic mass is 9.87. The topological polar surface area (TPSA) is 67.9 Å². The Morgan fingerprint density at radius 3 is 2.13 bits per heavy atom. The normalized spacial score (nSPS) is 12.1. The predicted octanol–water partition coefficient (Wildman–Crippen LogP) is 5.54. The van der Waals surface area contributed by atoms with E-state index in [0.29, 0.717) is 17.9 Å². The maximum absolute atomic E-state index is 13.7. The Kier molecular flexibility index (Phi) is 9.94. The van der Waals surface area contributed by atoms with Crippen LogP contribution in [-0.4, -0.2) is 42.5 Å². The number of rotatable bonds is 11. The molecule has 0 saturated carbocycles. The number of methoxy groups -OCH3 is 1. The highest BCUT2D eigenvalue weighted by Crippen LogP contribution is 2.24. The first-order valence-corrected chi connectivity index (χ1v) is 13.1. The average molecular weight is 517 g/mol. The number of carbonyl (C=O) groups is 2. The van der Waals surface area contributed by atoms with Gasteiger partial charge >= 0.3 is 0 Å². The molecule has 1 unspecified atom stereocenters. The molecule has 3 rings (SSSR count). The van der Waals surface area contributed by atoms with E-state index in [1.54, 1.807) is 12.0 Å². The number of hydrogen-bond donors (Lipinski definition) is 1. The molecule has 6 nitrogen and oxygen atoms in total. The minimum absolute atomic E-state index is 0.0241. The van der Waals surface area contributed by atoms with Crippen LogP contribution >= 0.6 is 0 Å². The van der Waals surface area contributed by atoms with E-state index in [-0.39, 0.29) is 36.4 Å². The summed E-state index contributed by atoms with van der Waals surface area (Å²) >= 11 is 0. The van der Waals surface area contributed by atoms with Crippen molar-refractivity contribution in [3.8, 4) is 11.5 Å². The molecule has 0 bridgehead atoms. The van der Waals surface area contributed by atoms with E-state index >= 15 is 0 Å². The lowest BCUT2D eigenvalue weighted by Crippen LogP contribution is -2.52. The zero-order valence-corrected chi connectivity index (χ0v) is 23.4. The highest BCUT2D eigenvalue weighted by molar-refractivity contribution is 5.88. The summed E-state index contributed by atoms with van der Waals surface area (Å²) < 4.78 is 11.3. The van der Waals surface area contributed by atoms with E-state index < -0.39 is 6.04 Å². The molecule has 0 heterocycles. The van der Waals surface area contributed by atoms with Crippen LogP contribution in [0.4, 0.5) is 0 Å². The number of carbonyl (C=O) groups excluding carboxylic acids is 2. The Labute approximate surface area is 227 Å². The van der Waals surface area contributed by atoms with Gasteiger partial charge in [0.1, 0.15) is 17.5 Å². The van der Waals surface area contributed by atoms with Crippen molar-refractivity contribution in [3.63, 3.8) is 0 Å². The predicted molar refractivity (Wildman–Crippen MR) is 151 cm³/mol. The first-order valence-electron chi connectivity index (χ1n) is 13.1. The van der Waals surface area contributed by atoms with Crippen LogP contribution in [0.5, 0.6) is 11.5 Å². The molecule has 0 aliphatic heterocycles. The molecule has 0 radical (unpaired) electrons. The molecular weight excluding hydrogens is 476 g/mol. The van der Waals surface area contributed by atoms with Crippen LogP contribution in [0.2, 0.25) is 0 Å². The SMILES string of the molecule is COc1cccc(CN(C(=O)COc2ccc(C(C)(C)C)cc2)C(Cc2ccccc2)C(=O)NC(C)C)c1. The van der Waals surface area contributed by atoms with Gasteiger partial charge in [0.05, 0.1) is 7.11 Å². The summed E-state index contributed by atoms with van der Waals surface area (Å²) in [6.45, 7) is 10.3. The average Bonchev–Trinajstić information content (AvgIpc) is 2.89. The summed E-state index contributed by atoms with van der Waals surface area (Å²) in [5, 5.41) is 3.00. The Bertz CT molecular complexity index is 1180. The monoisotopic (exact) mass is 516 g/mol. The molecule has 0 saturated heterocycles. The Hall–Kier alpha value is -3.80. The molecule has 6 heteroatoms. The van der Waals surface area contributed by atoms with Crippen LogP contribution < -0.4 is 14.8 Å². The van der Waals surface area contributed by atoms with E-state index in [0.717, 1.165) is 11.1 Å². The van der Waals surface area contributed by atoms with Crippen molar-refractivity contribution in [1.82, 2.24) is 10.2 Å². The zero-order chi connectivity index (χ0) is 27.7. The van der Waals surface area contributed by atoms with Gasteiger partial charge in [-0.1, -0.05) is 75.4 Å². The molecule has 0 fully saturated rings. The van der Waals surface area contributed by atoms with Gasteiger partial charge in [0, 0.05) is 19.0 Å². The van der Waals surface area contributed by atoms with Crippen molar-refractivity contribution < 1.29 is 19.1 Å². The van der Waals surface area contributed by atoms with Gasteiger partial charge in [-0.3, -0.25) is 9.59 Å². The Morgan fingerprint density at radius 1 is 0.868 bits per heavy atom. The molecule has 1 N–H and O–H groups in total. The van der Waals surface area contributed by atoms with Crippen LogP contribution in [0, 0.1) is 0 Å². The van der Waals surface area contributed by atoms with Crippen LogP contribution in [0.1, 0.15) is 51.3 Å². The van der Waals surface area contributed by atoms with Gasteiger partial charge in [-0.15, -0.1) is 0 Å². The lowest BCUT2D eigenvalue weighted by molar-refractivity contribution is -0.143. The Morgan fingerprint density at radius 2 is 1.53 bits per heavy atom. The van der Waals surface area contributed by atoms with Crippen molar-refractivity contribution in [2.24, 2.45) is 0 Å². The van der Waals surface area contributed by atoms with Gasteiger partial charge in [0.15, 0.2) is 6.61 Å². The van der Waals surface area contributed by atoms with Gasteiger partial charge in [-0.05, 0) is 60.2 Å². The van der Waals surface area contributed by atoms with Crippen LogP contribution in [0.3, 0.4) is 0 Å². The molecule has 0 aliphatic carbocycles. The first kappa shape index (κ1) is 28.8. The second kappa shape index (κ2) is 13.1. The van der Waals surface area contributed by atoms with E-state index in [9.17, 15) is 9.59 Å². The summed E-state index contributed by atoms with van der Waals surface area (Å²) in [5.74, 6) is 0.831. The maximum atomic E-state index is 13.7. The van der Waals surface area contributed by atoms with Crippen molar-refractivity contribution in [3.05, 3.63) is 95.6 Å². The highest BCUT2D eigenvalue weighted by Gasteiger charge is 2.31. The minimum atomic E-state index is -0.717. The summed E-state index contributed by atoms with van der Waals surface area (Å²) in [5.41, 5.74) is 3.04. The smallest absolute Gasteiger partial charge is 0.261 e. The van der Waals surface area contributed by atoms with Crippen molar-refractivity contribution in [1.29, 1.82) is 0 Å². The second-order valence-electron chi connectivity index (χ2n) is 10.8. The molecule has 3 aromatic rings. The first-order chi connectivity index (χ1) is 18.1. The fourth-order valence-corrected chi connectivity index (χ4v) is 4.18. The molecule has 0 aliphatic rings. The Balaban J connectivity index is 1.89. The zero-order valence-electron chi connectivity index (χ0n) is 23.4. The fraction of sp³-hybridized carbons (Fsp3) is 0.375. The van der Waals surface area contributed by atoms with Crippen molar-refractivity contribution in [2.75, 3.05) is 13.7 Å². The molecule has 2 amide bonds. The number of amides is 2. The molecule has 0 spiro atoms. The third kappa shape index (κ3) is 8.37. The summed E-state index contributed by atoms with van der Waals surface area (Å²) in [6.07, 6.45) is 0.384. The van der Waals surface area contributed by atoms with Gasteiger partial charge in [0.2, 0.25) is 5.91 Å². The van der Waals surface area contributed by atoms with Crippen LogP contribution in [-0.2, 0) is 28.0 Å². The largest absolute Gasteiger partial charge is 0.497 e.